The molecule has 1 unspecified atom stereocenters. The van der Waals surface area contributed by atoms with Crippen LogP contribution in [0.15, 0.2) is 170 Å². The molecule has 2 amide bonds. The molecular formula is C60H50N4O4S+2. The average Bonchev–Trinajstić information content (AvgIpc) is 3.88. The molecule has 69 heavy (non-hydrogen) atoms. The lowest BCUT2D eigenvalue weighted by Gasteiger charge is -2.19. The number of amides is 2. The van der Waals surface area contributed by atoms with Gasteiger partial charge >= 0.3 is 22.1 Å². The molecule has 8 nitrogen and oxygen atoms in total. The SMILES string of the molecule is COc1cc(C(=O)NC(C)c2ccccc2)cc(OC)c1-c1cccc2cccc(-c3ccc(-c4cccc5cccc(-c6c(C)cc(C(=O)N[C@H](C)c7ccccc7)cc6C)c45)c4c3=[N+]=S=[N+]=4)c12. The highest BCUT2D eigenvalue weighted by Crippen LogP contribution is 2.45. The number of nitrogens with one attached hydrogen (secondary N) is 2. The van der Waals surface area contributed by atoms with E-state index in [4.69, 9.17) is 17.6 Å². The fourth-order valence-electron chi connectivity index (χ4n) is 9.89. The van der Waals surface area contributed by atoms with Crippen LogP contribution in [0.4, 0.5) is 0 Å². The van der Waals surface area contributed by atoms with E-state index in [0.29, 0.717) is 22.6 Å². The molecule has 338 valence electrons. The van der Waals surface area contributed by atoms with Gasteiger partial charge in [0.15, 0.2) is 0 Å². The summed E-state index contributed by atoms with van der Waals surface area (Å²) in [4.78, 5) is 27.4. The van der Waals surface area contributed by atoms with Crippen LogP contribution in [-0.2, 0) is 11.4 Å². The molecule has 1 heterocycles. The standard InChI is InChI=1S/C60H48N4O4S/c1-35-31-43(59(65)61-37(3)39-17-9-7-10-18-39)32-36(2)53(35)49-27-15-23-41-21-13-25-45(54(41)49)47-29-30-48(58-57(47)63-69-64-58)46-26-14-22-42-24-16-28-50(55(42)46)56-51(67-5)33-44(34-52(56)68-6)60(66)62-38(4)40-19-11-8-12-20-40/h7-34,37-38H,1-6H3/p+2/t37-,38?/m1/s1. The fourth-order valence-corrected chi connectivity index (χ4v) is 10.5. The highest BCUT2D eigenvalue weighted by atomic mass is 32.1. The molecule has 1 aliphatic rings. The maximum absolute atomic E-state index is 13.7. The molecule has 2 atom stereocenters. The first-order valence-corrected chi connectivity index (χ1v) is 23.8. The van der Waals surface area contributed by atoms with E-state index in [1.165, 1.54) is 11.4 Å². The zero-order valence-corrected chi connectivity index (χ0v) is 40.1. The number of rotatable bonds is 12. The minimum atomic E-state index is -0.234. The molecular weight excluding hydrogens is 873 g/mol. The quantitative estimate of drug-likeness (QED) is 0.119. The van der Waals surface area contributed by atoms with Crippen LogP contribution in [0.3, 0.4) is 0 Å². The van der Waals surface area contributed by atoms with Gasteiger partial charge in [-0.15, -0.1) is 0 Å². The monoisotopic (exact) mass is 922 g/mol. The minimum absolute atomic E-state index is 0.107. The van der Waals surface area contributed by atoms with Crippen LogP contribution in [0, 0.1) is 13.8 Å². The molecule has 0 spiro atoms. The molecule has 9 aromatic carbocycles. The Bertz CT molecular complexity index is 3700. The number of benzene rings is 9. The van der Waals surface area contributed by atoms with Gasteiger partial charge in [-0.05, 0) is 136 Å². The summed E-state index contributed by atoms with van der Waals surface area (Å²) in [6.07, 6.45) is 0. The summed E-state index contributed by atoms with van der Waals surface area (Å²) in [6.45, 7) is 8.14. The first-order valence-electron chi connectivity index (χ1n) is 23.0. The molecule has 9 aromatic rings. The second kappa shape index (κ2) is 18.8. The van der Waals surface area contributed by atoms with Crippen LogP contribution in [0.5, 0.6) is 11.5 Å². The Morgan fingerprint density at radius 2 is 0.855 bits per heavy atom. The van der Waals surface area contributed by atoms with Crippen molar-refractivity contribution in [3.05, 3.63) is 214 Å². The van der Waals surface area contributed by atoms with Crippen molar-refractivity contribution in [1.29, 1.82) is 0 Å². The number of carbonyl (C=O) groups is 2. The molecule has 10 rings (SSSR count). The number of fused-ring (bicyclic) bond motifs is 3. The Morgan fingerprint density at radius 1 is 0.464 bits per heavy atom. The number of nitrogens with zero attached hydrogens (tertiary/aromatic N) is 2. The zero-order chi connectivity index (χ0) is 47.8. The number of hydrogen-bond donors (Lipinski definition) is 2. The second-order valence-corrected chi connectivity index (χ2v) is 18.0. The molecule has 9 heteroatoms. The fraction of sp³-hybridized carbons (Fsp3) is 0.133. The van der Waals surface area contributed by atoms with Crippen molar-refractivity contribution in [2.75, 3.05) is 14.2 Å². The van der Waals surface area contributed by atoms with Crippen LogP contribution < -0.4 is 38.9 Å². The summed E-state index contributed by atoms with van der Waals surface area (Å²) in [5, 5.41) is 12.1. The van der Waals surface area contributed by atoms with Crippen LogP contribution in [0.2, 0.25) is 0 Å². The van der Waals surface area contributed by atoms with Gasteiger partial charge in [-0.1, -0.05) is 133 Å². The summed E-state index contributed by atoms with van der Waals surface area (Å²) in [6, 6.07) is 56.7. The molecule has 0 bridgehead atoms. The average molecular weight is 923 g/mol. The van der Waals surface area contributed by atoms with E-state index < -0.39 is 0 Å². The van der Waals surface area contributed by atoms with Gasteiger partial charge < -0.3 is 20.1 Å². The largest absolute Gasteiger partial charge is 0.700 e. The lowest BCUT2D eigenvalue weighted by atomic mass is 9.86. The predicted octanol–water partition coefficient (Wildman–Crippen LogP) is 11.1. The van der Waals surface area contributed by atoms with E-state index in [9.17, 15) is 9.59 Å². The maximum Gasteiger partial charge on any atom is 0.700 e. The van der Waals surface area contributed by atoms with Crippen molar-refractivity contribution >= 4 is 44.7 Å². The van der Waals surface area contributed by atoms with E-state index >= 15 is 0 Å². The van der Waals surface area contributed by atoms with Gasteiger partial charge in [0, 0.05) is 11.1 Å². The van der Waals surface area contributed by atoms with Crippen LogP contribution in [-0.4, -0.2) is 26.0 Å². The van der Waals surface area contributed by atoms with Gasteiger partial charge in [-0.25, -0.2) is 0 Å². The van der Waals surface area contributed by atoms with Crippen LogP contribution in [0.25, 0.3) is 66.1 Å². The predicted molar refractivity (Wildman–Crippen MR) is 280 cm³/mol. The molecule has 0 aliphatic carbocycles. The Hall–Kier alpha value is -8.32. The van der Waals surface area contributed by atoms with Crippen molar-refractivity contribution in [2.45, 2.75) is 39.8 Å². The van der Waals surface area contributed by atoms with E-state index in [2.05, 4.69) is 103 Å². The van der Waals surface area contributed by atoms with E-state index in [1.54, 1.807) is 26.4 Å². The molecule has 0 saturated heterocycles. The van der Waals surface area contributed by atoms with Gasteiger partial charge in [-0.3, -0.25) is 9.59 Å². The summed E-state index contributed by atoms with van der Waals surface area (Å²) < 4.78 is 22.1. The lowest BCUT2D eigenvalue weighted by Crippen LogP contribution is -2.31. The van der Waals surface area contributed by atoms with Gasteiger partial charge in [-0.2, -0.15) is 0 Å². The first-order chi connectivity index (χ1) is 33.6. The molecule has 0 aromatic heterocycles. The Kier molecular flexibility index (Phi) is 12.1. The molecule has 0 fully saturated rings. The minimum Gasteiger partial charge on any atom is -0.496 e. The number of hydrogen-bond acceptors (Lipinski definition) is 4. The lowest BCUT2D eigenvalue weighted by molar-refractivity contribution is 0.0931. The van der Waals surface area contributed by atoms with Crippen molar-refractivity contribution in [3.8, 4) is 56.0 Å². The topological polar surface area (TPSA) is 105 Å². The Balaban J connectivity index is 1.06. The summed E-state index contributed by atoms with van der Waals surface area (Å²) in [7, 11) is 3.23. The molecule has 0 radical (unpaired) electrons. The number of aryl methyl sites for hydroxylation is 2. The van der Waals surface area contributed by atoms with E-state index in [1.807, 2.05) is 92.7 Å². The van der Waals surface area contributed by atoms with Crippen molar-refractivity contribution < 1.29 is 19.1 Å². The Labute approximate surface area is 404 Å². The maximum atomic E-state index is 13.7. The highest BCUT2D eigenvalue weighted by Gasteiger charge is 2.30. The first kappa shape index (κ1) is 44.5. The normalized spacial score (nSPS) is 12.3. The van der Waals surface area contributed by atoms with Crippen LogP contribution in [0.1, 0.15) is 68.9 Å². The van der Waals surface area contributed by atoms with Gasteiger partial charge in [0.05, 0.1) is 51.1 Å². The van der Waals surface area contributed by atoms with Crippen LogP contribution >= 0.6 is 0 Å². The van der Waals surface area contributed by atoms with Crippen molar-refractivity contribution in [1.82, 2.24) is 18.7 Å². The van der Waals surface area contributed by atoms with Gasteiger partial charge in [0.25, 0.3) is 11.8 Å². The van der Waals surface area contributed by atoms with Crippen molar-refractivity contribution in [3.63, 3.8) is 0 Å². The third-order valence-electron chi connectivity index (χ3n) is 13.2. The van der Waals surface area contributed by atoms with E-state index in [-0.39, 0.29) is 23.9 Å². The third kappa shape index (κ3) is 8.30. The van der Waals surface area contributed by atoms with Gasteiger partial charge in [0.2, 0.25) is 0 Å². The number of methoxy groups -OCH3 is 2. The molecule has 0 saturated carbocycles. The molecule has 1 aliphatic heterocycles. The highest BCUT2D eigenvalue weighted by molar-refractivity contribution is 7.55. The summed E-state index contributed by atoms with van der Waals surface area (Å²) in [5.41, 5.74) is 12.9. The number of carbonyl (C=O) groups excluding carboxylic acids is 2. The zero-order valence-electron chi connectivity index (χ0n) is 39.3. The number of ether oxygens (including phenoxy) is 2. The summed E-state index contributed by atoms with van der Waals surface area (Å²) >= 11 is 1.20. The molecule has 2 N–H and O–H groups in total. The van der Waals surface area contributed by atoms with Crippen molar-refractivity contribution in [2.24, 2.45) is 0 Å². The smallest absolute Gasteiger partial charge is 0.496 e. The second-order valence-electron chi connectivity index (χ2n) is 17.5. The van der Waals surface area contributed by atoms with E-state index in [0.717, 1.165) is 99.0 Å². The third-order valence-corrected chi connectivity index (χ3v) is 13.7. The van der Waals surface area contributed by atoms with Gasteiger partial charge in [0.1, 0.15) is 11.5 Å². The summed E-state index contributed by atoms with van der Waals surface area (Å²) in [5.74, 6) is 0.683. The Morgan fingerprint density at radius 3 is 1.28 bits per heavy atom.